The van der Waals surface area contributed by atoms with Gasteiger partial charge in [-0.25, -0.2) is 0 Å². The van der Waals surface area contributed by atoms with Crippen molar-refractivity contribution in [1.82, 2.24) is 0 Å². The van der Waals surface area contributed by atoms with Crippen LogP contribution in [0.4, 0.5) is 0 Å². The summed E-state index contributed by atoms with van der Waals surface area (Å²) >= 11 is 0. The molecule has 0 aliphatic heterocycles. The first-order chi connectivity index (χ1) is 15.8. The zero-order valence-electron chi connectivity index (χ0n) is 21.7. The van der Waals surface area contributed by atoms with Gasteiger partial charge in [-0.3, -0.25) is 0 Å². The van der Waals surface area contributed by atoms with E-state index in [1.54, 1.807) is 5.39 Å². The van der Waals surface area contributed by atoms with E-state index in [-0.39, 0.29) is 15.8 Å². The van der Waals surface area contributed by atoms with Gasteiger partial charge in [0, 0.05) is 0 Å². The lowest BCUT2D eigenvalue weighted by Crippen LogP contribution is -2.26. The largest absolute Gasteiger partial charge is 0.0746 e. The van der Waals surface area contributed by atoms with Crippen molar-refractivity contribution in [3.8, 4) is 0 Å². The molecule has 0 radical (unpaired) electrons. The zero-order valence-corrected chi connectivity index (χ0v) is 23.5. The lowest BCUT2D eigenvalue weighted by atomic mass is 10.1. The van der Waals surface area contributed by atoms with Crippen molar-refractivity contribution in [2.75, 3.05) is 24.6 Å². The van der Waals surface area contributed by atoms with Gasteiger partial charge < -0.3 is 0 Å². The summed E-state index contributed by atoms with van der Waals surface area (Å²) < 4.78 is 0. The predicted molar refractivity (Wildman–Crippen MR) is 155 cm³/mol. The van der Waals surface area contributed by atoms with Gasteiger partial charge in [0.1, 0.15) is 0 Å². The van der Waals surface area contributed by atoms with E-state index in [1.807, 2.05) is 10.6 Å². The lowest BCUT2D eigenvalue weighted by molar-refractivity contribution is 0.763. The first-order valence-electron chi connectivity index (χ1n) is 13.8. The molecule has 0 aromatic heterocycles. The summed E-state index contributed by atoms with van der Waals surface area (Å²) in [5, 5.41) is 6.72. The topological polar surface area (TPSA) is 0 Å². The van der Waals surface area contributed by atoms with Crippen LogP contribution in [0.3, 0.4) is 0 Å². The molecule has 0 bridgehead atoms. The van der Waals surface area contributed by atoms with Crippen LogP contribution in [-0.4, -0.2) is 24.6 Å². The van der Waals surface area contributed by atoms with Crippen LogP contribution >= 0.6 is 15.8 Å². The fourth-order valence-corrected chi connectivity index (χ4v) is 11.0. The summed E-state index contributed by atoms with van der Waals surface area (Å²) in [6.07, 6.45) is 22.4. The van der Waals surface area contributed by atoms with Crippen molar-refractivity contribution in [2.45, 2.75) is 105 Å². The molecule has 32 heavy (non-hydrogen) atoms. The van der Waals surface area contributed by atoms with Gasteiger partial charge in [-0.15, -0.1) is 0 Å². The smallest absolute Gasteiger partial charge is 0.00857 e. The van der Waals surface area contributed by atoms with E-state index in [0.29, 0.717) is 0 Å². The minimum Gasteiger partial charge on any atom is -0.0746 e. The van der Waals surface area contributed by atoms with E-state index in [9.17, 15) is 0 Å². The van der Waals surface area contributed by atoms with Crippen molar-refractivity contribution in [1.29, 1.82) is 0 Å². The molecule has 2 aromatic carbocycles. The maximum absolute atomic E-state index is 2.59. The second-order valence-corrected chi connectivity index (χ2v) is 14.3. The van der Waals surface area contributed by atoms with Crippen LogP contribution in [0.15, 0.2) is 36.4 Å². The molecule has 0 aliphatic carbocycles. The van der Waals surface area contributed by atoms with Crippen LogP contribution in [0.2, 0.25) is 0 Å². The Hall–Kier alpha value is -0.440. The number of fused-ring (bicyclic) bond motifs is 1. The normalized spacial score (nSPS) is 11.8. The summed E-state index contributed by atoms with van der Waals surface area (Å²) in [7, 11) is -0.0795. The van der Waals surface area contributed by atoms with Crippen LogP contribution in [0.1, 0.15) is 105 Å². The summed E-state index contributed by atoms with van der Waals surface area (Å²) in [5.74, 6) is 0. The molecule has 0 atom stereocenters. The summed E-state index contributed by atoms with van der Waals surface area (Å²) in [5.41, 5.74) is 0. The SMILES string of the molecule is CCCCCP(CCCCC)c1ccc2ccccc2c1P(CCCCC)CCCCC. The van der Waals surface area contributed by atoms with Crippen LogP contribution in [0.5, 0.6) is 0 Å². The van der Waals surface area contributed by atoms with Gasteiger partial charge in [0.2, 0.25) is 0 Å². The highest BCUT2D eigenvalue weighted by molar-refractivity contribution is 7.72. The quantitative estimate of drug-likeness (QED) is 0.150. The second kappa shape index (κ2) is 17.1. The minimum absolute atomic E-state index is 0.0264. The average Bonchev–Trinajstić information content (AvgIpc) is 2.82. The lowest BCUT2D eigenvalue weighted by Gasteiger charge is -2.28. The number of unbranched alkanes of at least 4 members (excludes halogenated alkanes) is 8. The van der Waals surface area contributed by atoms with Gasteiger partial charge in [-0.05, 0) is 71.7 Å². The first-order valence-corrected chi connectivity index (χ1v) is 17.2. The number of rotatable bonds is 18. The molecule has 180 valence electrons. The van der Waals surface area contributed by atoms with Crippen molar-refractivity contribution < 1.29 is 0 Å². The Morgan fingerprint density at radius 2 is 0.969 bits per heavy atom. The zero-order chi connectivity index (χ0) is 23.0. The standard InChI is InChI=1S/C30H50P2/c1-5-9-15-23-31(24-16-10-6-2)29-22-21-27-19-13-14-20-28(27)30(29)32(25-17-11-7-3)26-18-12-8-4/h13-14,19-22H,5-12,15-18,23-26H2,1-4H3. The van der Waals surface area contributed by atoms with Crippen LogP contribution in [-0.2, 0) is 0 Å². The Balaban J connectivity index is 2.47. The average molecular weight is 473 g/mol. The summed E-state index contributed by atoms with van der Waals surface area (Å²) in [6.45, 7) is 9.40. The Bertz CT molecular complexity index is 719. The van der Waals surface area contributed by atoms with Crippen LogP contribution in [0, 0.1) is 0 Å². The van der Waals surface area contributed by atoms with Gasteiger partial charge in [-0.1, -0.05) is 131 Å². The van der Waals surface area contributed by atoms with Gasteiger partial charge in [-0.2, -0.15) is 0 Å². The molecule has 0 saturated heterocycles. The van der Waals surface area contributed by atoms with Gasteiger partial charge in [0.25, 0.3) is 0 Å². The Morgan fingerprint density at radius 1 is 0.500 bits per heavy atom. The fourth-order valence-electron chi connectivity index (χ4n) is 4.73. The monoisotopic (exact) mass is 472 g/mol. The van der Waals surface area contributed by atoms with E-state index in [2.05, 4.69) is 64.1 Å². The van der Waals surface area contributed by atoms with Crippen molar-refractivity contribution in [2.24, 2.45) is 0 Å². The third kappa shape index (κ3) is 9.07. The van der Waals surface area contributed by atoms with Crippen molar-refractivity contribution in [3.05, 3.63) is 36.4 Å². The van der Waals surface area contributed by atoms with Gasteiger partial charge >= 0.3 is 0 Å². The van der Waals surface area contributed by atoms with E-state index >= 15 is 0 Å². The van der Waals surface area contributed by atoms with E-state index in [1.165, 1.54) is 107 Å². The Morgan fingerprint density at radius 3 is 1.47 bits per heavy atom. The summed E-state index contributed by atoms with van der Waals surface area (Å²) in [4.78, 5) is 0. The summed E-state index contributed by atoms with van der Waals surface area (Å²) in [6, 6.07) is 14.4. The molecule has 0 amide bonds. The van der Waals surface area contributed by atoms with Crippen molar-refractivity contribution in [3.63, 3.8) is 0 Å². The first kappa shape index (κ1) is 27.8. The third-order valence-electron chi connectivity index (χ3n) is 6.66. The van der Waals surface area contributed by atoms with E-state index < -0.39 is 0 Å². The third-order valence-corrected chi connectivity index (χ3v) is 12.4. The molecule has 0 saturated carbocycles. The molecule has 0 heterocycles. The van der Waals surface area contributed by atoms with E-state index in [0.717, 1.165) is 0 Å². The number of hydrogen-bond acceptors (Lipinski definition) is 0. The van der Waals surface area contributed by atoms with Crippen LogP contribution in [0.25, 0.3) is 10.8 Å². The van der Waals surface area contributed by atoms with Crippen LogP contribution < -0.4 is 10.6 Å². The van der Waals surface area contributed by atoms with Gasteiger partial charge in [0.15, 0.2) is 0 Å². The molecule has 0 aliphatic rings. The van der Waals surface area contributed by atoms with Gasteiger partial charge in [0.05, 0.1) is 0 Å². The highest BCUT2D eigenvalue weighted by atomic mass is 31.1. The van der Waals surface area contributed by atoms with E-state index in [4.69, 9.17) is 0 Å². The molecule has 2 rings (SSSR count). The fraction of sp³-hybridized carbons (Fsp3) is 0.667. The molecule has 0 nitrogen and oxygen atoms in total. The highest BCUT2D eigenvalue weighted by Crippen LogP contribution is 2.45. The molecule has 0 unspecified atom stereocenters. The molecule has 0 N–H and O–H groups in total. The predicted octanol–water partition coefficient (Wildman–Crippen LogP) is 9.81. The molecule has 0 fully saturated rings. The second-order valence-electron chi connectivity index (χ2n) is 9.46. The Kier molecular flexibility index (Phi) is 14.8. The molecule has 0 spiro atoms. The van der Waals surface area contributed by atoms with Crippen molar-refractivity contribution >= 4 is 37.2 Å². The highest BCUT2D eigenvalue weighted by Gasteiger charge is 2.22. The number of benzene rings is 2. The maximum Gasteiger partial charge on any atom is -0.00857 e. The molecular weight excluding hydrogens is 422 g/mol. The molecule has 2 heteroatoms. The Labute approximate surface area is 202 Å². The maximum atomic E-state index is 2.59. The molecular formula is C30H50P2. The number of hydrogen-bond donors (Lipinski definition) is 0. The minimum atomic E-state index is -0.0530. The molecule has 2 aromatic rings.